The predicted octanol–water partition coefficient (Wildman–Crippen LogP) is 3.57. The number of benzene rings is 2. The van der Waals surface area contributed by atoms with E-state index in [-0.39, 0.29) is 18.4 Å². The topological polar surface area (TPSA) is 142 Å². The second kappa shape index (κ2) is 10.8. The van der Waals surface area contributed by atoms with Crippen LogP contribution in [-0.4, -0.2) is 76.0 Å². The van der Waals surface area contributed by atoms with Crippen molar-refractivity contribution in [2.75, 3.05) is 55.5 Å². The number of nitrogens with one attached hydrogen (secondary N) is 2. The van der Waals surface area contributed by atoms with Gasteiger partial charge in [-0.05, 0) is 48.3 Å². The molecule has 1 atom stereocenters. The van der Waals surface area contributed by atoms with Crippen LogP contribution < -0.4 is 15.5 Å². The van der Waals surface area contributed by atoms with Crippen molar-refractivity contribution >= 4 is 29.3 Å². The number of carbonyl (C=O) groups is 1. The van der Waals surface area contributed by atoms with Crippen molar-refractivity contribution in [3.8, 4) is 11.5 Å². The number of nitrogens with zero attached hydrogens (tertiary/aromatic N) is 6. The number of fused-ring (bicyclic) bond motifs is 1. The molecule has 0 radical (unpaired) electrons. The highest BCUT2D eigenvalue weighted by atomic mass is 16.5. The van der Waals surface area contributed by atoms with Gasteiger partial charge >= 0.3 is 0 Å². The largest absolute Gasteiger partial charge is 0.394 e. The number of aliphatic hydroxyl groups excluding tert-OH is 1. The lowest BCUT2D eigenvalue weighted by molar-refractivity contribution is 0.0691. The molecule has 6 rings (SSSR count). The van der Waals surface area contributed by atoms with Gasteiger partial charge in [0.1, 0.15) is 11.4 Å². The second-order valence-electron chi connectivity index (χ2n) is 10.6. The Morgan fingerprint density at radius 3 is 2.61 bits per heavy atom. The monoisotopic (exact) mass is 556 g/mol. The number of hydrogen-bond acceptors (Lipinski definition) is 11. The third kappa shape index (κ3) is 5.07. The lowest BCUT2D eigenvalue weighted by Crippen LogP contribution is -2.36. The highest BCUT2D eigenvalue weighted by molar-refractivity contribution is 6.00. The van der Waals surface area contributed by atoms with Crippen molar-refractivity contribution in [1.29, 1.82) is 0 Å². The van der Waals surface area contributed by atoms with Crippen LogP contribution in [0.15, 0.2) is 59.3 Å². The molecule has 4 heterocycles. The molecule has 2 aromatic carbocycles. The molecule has 1 saturated heterocycles. The van der Waals surface area contributed by atoms with Crippen LogP contribution >= 0.6 is 0 Å². The molecular formula is C29H32N8O4. The third-order valence-electron chi connectivity index (χ3n) is 7.73. The third-order valence-corrected chi connectivity index (χ3v) is 7.73. The van der Waals surface area contributed by atoms with E-state index in [0.717, 1.165) is 16.8 Å². The van der Waals surface area contributed by atoms with Crippen LogP contribution in [0.5, 0.6) is 0 Å². The number of rotatable bonds is 8. The standard InChI is InChI=1S/C29H32N8O4/c1-29(2)22-15-19(9-10-20(22)26(39)36(29)3)31-27-30-16-21(25-34-28(35-41-25)37-11-13-40-14-12-37)24(33-27)32-23(17-38)18-7-5-4-6-8-18/h4-10,15-16,23,38H,11-14,17H2,1-3H3,(H2,30,31,32,33)/t23-/m1/s1. The molecule has 12 heteroatoms. The smallest absolute Gasteiger partial charge is 0.266 e. The quantitative estimate of drug-likeness (QED) is 0.293. The first kappa shape index (κ1) is 26.7. The van der Waals surface area contributed by atoms with Gasteiger partial charge in [-0.3, -0.25) is 4.79 Å². The predicted molar refractivity (Wildman–Crippen MR) is 153 cm³/mol. The summed E-state index contributed by atoms with van der Waals surface area (Å²) < 4.78 is 11.1. The number of aliphatic hydroxyl groups is 1. The molecule has 2 aromatic heterocycles. The molecule has 41 heavy (non-hydrogen) atoms. The molecule has 3 N–H and O–H groups in total. The van der Waals surface area contributed by atoms with Gasteiger partial charge in [0.25, 0.3) is 17.7 Å². The highest BCUT2D eigenvalue weighted by Gasteiger charge is 2.40. The summed E-state index contributed by atoms with van der Waals surface area (Å²) in [7, 11) is 1.81. The van der Waals surface area contributed by atoms with Crippen molar-refractivity contribution in [1.82, 2.24) is 25.0 Å². The summed E-state index contributed by atoms with van der Waals surface area (Å²) in [6, 6.07) is 14.8. The zero-order valence-electron chi connectivity index (χ0n) is 23.2. The minimum atomic E-state index is -0.443. The maximum atomic E-state index is 12.7. The van der Waals surface area contributed by atoms with Gasteiger partial charge in [0.15, 0.2) is 0 Å². The summed E-state index contributed by atoms with van der Waals surface area (Å²) in [6.07, 6.45) is 1.61. The Labute approximate surface area is 237 Å². The summed E-state index contributed by atoms with van der Waals surface area (Å²) in [5.41, 5.74) is 3.30. The van der Waals surface area contributed by atoms with E-state index in [2.05, 4.69) is 25.8 Å². The van der Waals surface area contributed by atoms with E-state index in [1.54, 1.807) is 11.1 Å². The first-order valence-corrected chi connectivity index (χ1v) is 13.5. The van der Waals surface area contributed by atoms with Gasteiger partial charge in [-0.15, -0.1) is 0 Å². The second-order valence-corrected chi connectivity index (χ2v) is 10.6. The number of amides is 1. The normalized spacial score (nSPS) is 16.9. The summed E-state index contributed by atoms with van der Waals surface area (Å²) in [5, 5.41) is 21.0. The summed E-state index contributed by atoms with van der Waals surface area (Å²) in [4.78, 5) is 30.3. The van der Waals surface area contributed by atoms with E-state index in [1.165, 1.54) is 0 Å². The molecule has 1 amide bonds. The number of aromatic nitrogens is 4. The maximum Gasteiger partial charge on any atom is 0.266 e. The van der Waals surface area contributed by atoms with Crippen LogP contribution in [0.25, 0.3) is 11.5 Å². The SMILES string of the molecule is CN1C(=O)c2ccc(Nc3ncc(-c4nc(N5CCOCC5)no4)c(N[C@H](CO)c4ccccc4)n3)cc2C1(C)C. The fraction of sp³-hybridized carbons (Fsp3) is 0.345. The number of ether oxygens (including phenoxy) is 1. The zero-order chi connectivity index (χ0) is 28.6. The highest BCUT2D eigenvalue weighted by Crippen LogP contribution is 2.39. The Balaban J connectivity index is 1.34. The summed E-state index contributed by atoms with van der Waals surface area (Å²) >= 11 is 0. The van der Waals surface area contributed by atoms with Crippen LogP contribution in [0.3, 0.4) is 0 Å². The molecule has 212 valence electrons. The average molecular weight is 557 g/mol. The zero-order valence-corrected chi connectivity index (χ0v) is 23.2. The molecule has 4 aromatic rings. The van der Waals surface area contributed by atoms with E-state index in [9.17, 15) is 9.90 Å². The van der Waals surface area contributed by atoms with Gasteiger partial charge < -0.3 is 34.8 Å². The lowest BCUT2D eigenvalue weighted by atomic mass is 9.93. The molecule has 0 saturated carbocycles. The van der Waals surface area contributed by atoms with Crippen LogP contribution in [0.4, 0.5) is 23.4 Å². The molecule has 0 spiro atoms. The Morgan fingerprint density at radius 1 is 1.07 bits per heavy atom. The fourth-order valence-electron chi connectivity index (χ4n) is 5.07. The fourth-order valence-corrected chi connectivity index (χ4v) is 5.07. The van der Waals surface area contributed by atoms with Gasteiger partial charge in [-0.1, -0.05) is 30.3 Å². The van der Waals surface area contributed by atoms with E-state index in [1.807, 2.05) is 74.3 Å². The molecule has 2 aliphatic rings. The summed E-state index contributed by atoms with van der Waals surface area (Å²) in [6.45, 7) is 6.40. The van der Waals surface area contributed by atoms with E-state index in [4.69, 9.17) is 14.2 Å². The van der Waals surface area contributed by atoms with E-state index < -0.39 is 11.6 Å². The van der Waals surface area contributed by atoms with E-state index in [0.29, 0.717) is 55.1 Å². The molecular weight excluding hydrogens is 524 g/mol. The van der Waals surface area contributed by atoms with Crippen LogP contribution in [0.1, 0.15) is 41.4 Å². The van der Waals surface area contributed by atoms with Crippen LogP contribution in [0, 0.1) is 0 Å². The number of anilines is 4. The Morgan fingerprint density at radius 2 is 1.85 bits per heavy atom. The Hall–Kier alpha value is -4.55. The summed E-state index contributed by atoms with van der Waals surface area (Å²) in [5.74, 6) is 1.46. The van der Waals surface area contributed by atoms with Gasteiger partial charge in [-0.2, -0.15) is 9.97 Å². The minimum absolute atomic E-state index is 0.00407. The molecule has 0 aliphatic carbocycles. The van der Waals surface area contributed by atoms with Gasteiger partial charge in [-0.25, -0.2) is 4.98 Å². The molecule has 0 bridgehead atoms. The number of morpholine rings is 1. The van der Waals surface area contributed by atoms with Crippen molar-refractivity contribution in [2.24, 2.45) is 0 Å². The Bertz CT molecular complexity index is 1550. The number of carbonyl (C=O) groups excluding carboxylic acids is 1. The van der Waals surface area contributed by atoms with Crippen molar-refractivity contribution < 1.29 is 19.2 Å². The number of hydrogen-bond donors (Lipinski definition) is 3. The molecule has 0 unspecified atom stereocenters. The van der Waals surface area contributed by atoms with Crippen LogP contribution in [0.2, 0.25) is 0 Å². The van der Waals surface area contributed by atoms with Gasteiger partial charge in [0, 0.05) is 37.6 Å². The maximum absolute atomic E-state index is 12.7. The average Bonchev–Trinajstić information content (AvgIpc) is 3.55. The first-order chi connectivity index (χ1) is 19.8. The van der Waals surface area contributed by atoms with Crippen molar-refractivity contribution in [3.05, 3.63) is 71.4 Å². The van der Waals surface area contributed by atoms with Crippen molar-refractivity contribution in [3.63, 3.8) is 0 Å². The van der Waals surface area contributed by atoms with Gasteiger partial charge in [0.05, 0.1) is 31.4 Å². The molecule has 12 nitrogen and oxygen atoms in total. The lowest BCUT2D eigenvalue weighted by Gasteiger charge is -2.28. The minimum Gasteiger partial charge on any atom is -0.394 e. The van der Waals surface area contributed by atoms with Crippen molar-refractivity contribution in [2.45, 2.75) is 25.4 Å². The van der Waals surface area contributed by atoms with Gasteiger partial charge in [0.2, 0.25) is 5.95 Å². The van der Waals surface area contributed by atoms with E-state index >= 15 is 0 Å². The molecule has 2 aliphatic heterocycles. The Kier molecular flexibility index (Phi) is 7.01. The first-order valence-electron chi connectivity index (χ1n) is 13.5. The molecule has 1 fully saturated rings. The van der Waals surface area contributed by atoms with Crippen LogP contribution in [-0.2, 0) is 10.3 Å².